The van der Waals surface area contributed by atoms with Crippen LogP contribution in [0.2, 0.25) is 0 Å². The smallest absolute Gasteiger partial charge is 0.142 e. The lowest BCUT2D eigenvalue weighted by molar-refractivity contribution is 0.215. The van der Waals surface area contributed by atoms with Crippen molar-refractivity contribution >= 4 is 5.69 Å². The Bertz CT molecular complexity index is 599. The number of rotatable bonds is 3. The maximum absolute atomic E-state index is 13.8. The number of hydrogen-bond acceptors (Lipinski definition) is 3. The van der Waals surface area contributed by atoms with Crippen LogP contribution in [0.4, 0.5) is 10.1 Å². The lowest BCUT2D eigenvalue weighted by Crippen LogP contribution is -2.07. The molecule has 0 aliphatic carbocycles. The van der Waals surface area contributed by atoms with E-state index in [0.29, 0.717) is 17.0 Å². The Morgan fingerprint density at radius 1 is 1.21 bits per heavy atom. The molecule has 0 bridgehead atoms. The van der Waals surface area contributed by atoms with Gasteiger partial charge < -0.3 is 15.6 Å². The Morgan fingerprint density at radius 2 is 1.95 bits per heavy atom. The van der Waals surface area contributed by atoms with Crippen LogP contribution in [0.1, 0.15) is 22.8 Å². The number of para-hydroxylation sites is 1. The molecule has 1 unspecified atom stereocenters. The maximum atomic E-state index is 13.8. The zero-order valence-electron chi connectivity index (χ0n) is 10.9. The summed E-state index contributed by atoms with van der Waals surface area (Å²) in [6.07, 6.45) is -1.12. The second-order valence-corrected chi connectivity index (χ2v) is 4.39. The highest BCUT2D eigenvalue weighted by molar-refractivity contribution is 5.60. The van der Waals surface area contributed by atoms with Crippen molar-refractivity contribution in [1.29, 1.82) is 0 Å². The quantitative estimate of drug-likeness (QED) is 0.835. The van der Waals surface area contributed by atoms with Gasteiger partial charge in [-0.05, 0) is 19.1 Å². The SMILES string of the molecule is COc1cccc(C(O)c2cc(C)ccc2F)c1N. The van der Waals surface area contributed by atoms with Gasteiger partial charge in [0.2, 0.25) is 0 Å². The second-order valence-electron chi connectivity index (χ2n) is 4.39. The predicted molar refractivity (Wildman–Crippen MR) is 72.6 cm³/mol. The summed E-state index contributed by atoms with van der Waals surface area (Å²) >= 11 is 0. The zero-order valence-corrected chi connectivity index (χ0v) is 10.9. The third kappa shape index (κ3) is 2.53. The Labute approximate surface area is 111 Å². The van der Waals surface area contributed by atoms with Gasteiger partial charge in [-0.1, -0.05) is 29.8 Å². The van der Waals surface area contributed by atoms with Gasteiger partial charge in [-0.3, -0.25) is 0 Å². The fourth-order valence-corrected chi connectivity index (χ4v) is 2.02. The van der Waals surface area contributed by atoms with E-state index in [1.54, 1.807) is 30.3 Å². The molecule has 3 nitrogen and oxygen atoms in total. The van der Waals surface area contributed by atoms with Gasteiger partial charge in [-0.25, -0.2) is 4.39 Å². The van der Waals surface area contributed by atoms with Crippen LogP contribution in [0, 0.1) is 12.7 Å². The van der Waals surface area contributed by atoms with Crippen LogP contribution in [0.15, 0.2) is 36.4 Å². The van der Waals surface area contributed by atoms with Crippen LogP contribution in [-0.4, -0.2) is 12.2 Å². The zero-order chi connectivity index (χ0) is 14.0. The van der Waals surface area contributed by atoms with Crippen molar-refractivity contribution < 1.29 is 14.2 Å². The summed E-state index contributed by atoms with van der Waals surface area (Å²) in [5.41, 5.74) is 7.75. The van der Waals surface area contributed by atoms with E-state index in [9.17, 15) is 9.50 Å². The Kier molecular flexibility index (Phi) is 3.71. The average Bonchev–Trinajstić information content (AvgIpc) is 2.41. The Hall–Kier alpha value is -2.07. The van der Waals surface area contributed by atoms with Crippen molar-refractivity contribution in [2.24, 2.45) is 0 Å². The number of aryl methyl sites for hydroxylation is 1. The minimum absolute atomic E-state index is 0.208. The molecule has 0 aliphatic rings. The number of anilines is 1. The number of nitrogens with two attached hydrogens (primary N) is 1. The van der Waals surface area contributed by atoms with Crippen LogP contribution in [-0.2, 0) is 0 Å². The molecule has 0 amide bonds. The summed E-state index contributed by atoms with van der Waals surface area (Å²) in [6.45, 7) is 1.84. The van der Waals surface area contributed by atoms with Crippen molar-refractivity contribution in [2.45, 2.75) is 13.0 Å². The number of halogens is 1. The molecule has 2 aromatic carbocycles. The van der Waals surface area contributed by atoms with Crippen LogP contribution in [0.5, 0.6) is 5.75 Å². The molecule has 0 spiro atoms. The average molecular weight is 261 g/mol. The van der Waals surface area contributed by atoms with E-state index in [4.69, 9.17) is 10.5 Å². The molecule has 0 saturated heterocycles. The third-order valence-electron chi connectivity index (χ3n) is 3.06. The van der Waals surface area contributed by atoms with E-state index >= 15 is 0 Å². The van der Waals surface area contributed by atoms with Crippen molar-refractivity contribution in [2.75, 3.05) is 12.8 Å². The highest BCUT2D eigenvalue weighted by atomic mass is 19.1. The Balaban J connectivity index is 2.50. The first-order valence-corrected chi connectivity index (χ1v) is 5.91. The second kappa shape index (κ2) is 5.28. The summed E-state index contributed by atoms with van der Waals surface area (Å²) < 4.78 is 18.9. The summed E-state index contributed by atoms with van der Waals surface area (Å²) in [7, 11) is 1.50. The maximum Gasteiger partial charge on any atom is 0.142 e. The van der Waals surface area contributed by atoms with Gasteiger partial charge in [0.05, 0.1) is 12.8 Å². The van der Waals surface area contributed by atoms with Gasteiger partial charge in [-0.15, -0.1) is 0 Å². The van der Waals surface area contributed by atoms with Crippen LogP contribution in [0.3, 0.4) is 0 Å². The van der Waals surface area contributed by atoms with Crippen LogP contribution < -0.4 is 10.5 Å². The monoisotopic (exact) mass is 261 g/mol. The topological polar surface area (TPSA) is 55.5 Å². The molecular formula is C15H16FNO2. The van der Waals surface area contributed by atoms with Gasteiger partial charge in [0.15, 0.2) is 0 Å². The number of ether oxygens (including phenoxy) is 1. The summed E-state index contributed by atoms with van der Waals surface area (Å²) in [6, 6.07) is 9.66. The van der Waals surface area contributed by atoms with E-state index < -0.39 is 11.9 Å². The number of methoxy groups -OCH3 is 1. The summed E-state index contributed by atoms with van der Waals surface area (Å²) in [5.74, 6) is 0.00457. The van der Waals surface area contributed by atoms with Gasteiger partial charge in [0, 0.05) is 11.1 Å². The van der Waals surface area contributed by atoms with E-state index in [2.05, 4.69) is 0 Å². The van der Waals surface area contributed by atoms with E-state index in [0.717, 1.165) is 5.56 Å². The molecule has 0 aliphatic heterocycles. The molecule has 3 N–H and O–H groups in total. The number of aliphatic hydroxyl groups excluding tert-OH is 1. The van der Waals surface area contributed by atoms with E-state index in [-0.39, 0.29) is 5.56 Å². The first-order valence-electron chi connectivity index (χ1n) is 5.91. The van der Waals surface area contributed by atoms with Gasteiger partial charge >= 0.3 is 0 Å². The first kappa shape index (κ1) is 13.4. The molecule has 0 fully saturated rings. The highest BCUT2D eigenvalue weighted by Crippen LogP contribution is 2.33. The van der Waals surface area contributed by atoms with Gasteiger partial charge in [0.1, 0.15) is 17.7 Å². The molecule has 1 atom stereocenters. The third-order valence-corrected chi connectivity index (χ3v) is 3.06. The standard InChI is InChI=1S/C15H16FNO2/c1-9-6-7-12(16)11(8-9)15(18)10-4-3-5-13(19-2)14(10)17/h3-8,15,18H,17H2,1-2H3. The molecule has 2 aromatic rings. The van der Waals surface area contributed by atoms with Crippen molar-refractivity contribution in [3.05, 3.63) is 58.9 Å². The fraction of sp³-hybridized carbons (Fsp3) is 0.200. The largest absolute Gasteiger partial charge is 0.495 e. The molecule has 2 rings (SSSR count). The summed E-state index contributed by atoms with van der Waals surface area (Å²) in [4.78, 5) is 0. The molecule has 100 valence electrons. The molecule has 19 heavy (non-hydrogen) atoms. The minimum atomic E-state index is -1.12. The predicted octanol–water partition coefficient (Wildman–Crippen LogP) is 2.81. The van der Waals surface area contributed by atoms with Gasteiger partial charge in [-0.2, -0.15) is 0 Å². The molecule has 0 aromatic heterocycles. The number of nitrogen functional groups attached to an aromatic ring is 1. The fourth-order valence-electron chi connectivity index (χ4n) is 2.02. The first-order chi connectivity index (χ1) is 9.04. The van der Waals surface area contributed by atoms with Crippen molar-refractivity contribution in [3.63, 3.8) is 0 Å². The van der Waals surface area contributed by atoms with Crippen LogP contribution >= 0.6 is 0 Å². The Morgan fingerprint density at radius 3 is 2.63 bits per heavy atom. The normalized spacial score (nSPS) is 12.2. The molecular weight excluding hydrogens is 245 g/mol. The lowest BCUT2D eigenvalue weighted by atomic mass is 9.98. The summed E-state index contributed by atoms with van der Waals surface area (Å²) in [5, 5.41) is 10.3. The molecule has 0 saturated carbocycles. The van der Waals surface area contributed by atoms with Gasteiger partial charge in [0.25, 0.3) is 0 Å². The lowest BCUT2D eigenvalue weighted by Gasteiger charge is -2.17. The minimum Gasteiger partial charge on any atom is -0.495 e. The molecule has 0 radical (unpaired) electrons. The number of benzene rings is 2. The van der Waals surface area contributed by atoms with E-state index in [1.165, 1.54) is 13.2 Å². The molecule has 4 heteroatoms. The number of hydrogen-bond donors (Lipinski definition) is 2. The van der Waals surface area contributed by atoms with E-state index in [1.807, 2.05) is 6.92 Å². The highest BCUT2D eigenvalue weighted by Gasteiger charge is 2.19. The van der Waals surface area contributed by atoms with Crippen LogP contribution in [0.25, 0.3) is 0 Å². The van der Waals surface area contributed by atoms with Crippen molar-refractivity contribution in [1.82, 2.24) is 0 Å². The molecule has 0 heterocycles. The van der Waals surface area contributed by atoms with Crippen molar-refractivity contribution in [3.8, 4) is 5.75 Å². The number of aliphatic hydroxyl groups is 1.